The number of halogens is 1. The highest BCUT2D eigenvalue weighted by atomic mass is 19.1. The molecule has 5 nitrogen and oxygen atoms in total. The Kier molecular flexibility index (Phi) is 3.51. The summed E-state index contributed by atoms with van der Waals surface area (Å²) in [4.78, 5) is 0. The standard InChI is InChI=1S/C14H11BFN3O2/c16-13-8-10(6-7-12(13)15(20)21)14-9-19(18-17-14)11-4-2-1-3-5-11/h1-9,20-21H. The summed E-state index contributed by atoms with van der Waals surface area (Å²) in [5, 5.41) is 26.0. The van der Waals surface area contributed by atoms with E-state index in [2.05, 4.69) is 10.3 Å². The Labute approximate surface area is 120 Å². The van der Waals surface area contributed by atoms with Crippen molar-refractivity contribution in [1.29, 1.82) is 0 Å². The van der Waals surface area contributed by atoms with Gasteiger partial charge in [0.1, 0.15) is 11.5 Å². The molecular formula is C14H11BFN3O2. The lowest BCUT2D eigenvalue weighted by Crippen LogP contribution is -2.32. The maximum atomic E-state index is 13.7. The third-order valence-electron chi connectivity index (χ3n) is 3.09. The van der Waals surface area contributed by atoms with E-state index < -0.39 is 12.9 Å². The summed E-state index contributed by atoms with van der Waals surface area (Å²) >= 11 is 0. The average molecular weight is 283 g/mol. The van der Waals surface area contributed by atoms with E-state index in [1.807, 2.05) is 30.3 Å². The molecule has 7 heteroatoms. The summed E-state index contributed by atoms with van der Waals surface area (Å²) < 4.78 is 15.3. The molecule has 0 saturated carbocycles. The molecule has 0 fully saturated rings. The Morgan fingerprint density at radius 1 is 1.05 bits per heavy atom. The van der Waals surface area contributed by atoms with Crippen LogP contribution in [0.4, 0.5) is 4.39 Å². The first-order chi connectivity index (χ1) is 10.1. The van der Waals surface area contributed by atoms with Gasteiger partial charge in [0.25, 0.3) is 0 Å². The van der Waals surface area contributed by atoms with Crippen LogP contribution in [0.5, 0.6) is 0 Å². The zero-order valence-electron chi connectivity index (χ0n) is 10.9. The van der Waals surface area contributed by atoms with Crippen LogP contribution in [-0.4, -0.2) is 32.2 Å². The maximum Gasteiger partial charge on any atom is 0.491 e. The molecule has 0 bridgehead atoms. The zero-order valence-corrected chi connectivity index (χ0v) is 10.9. The SMILES string of the molecule is OB(O)c1ccc(-c2cn(-c3ccccc3)nn2)cc1F. The van der Waals surface area contributed by atoms with Gasteiger partial charge in [-0.05, 0) is 18.2 Å². The van der Waals surface area contributed by atoms with E-state index in [4.69, 9.17) is 10.0 Å². The molecule has 0 unspecified atom stereocenters. The fraction of sp³-hybridized carbons (Fsp3) is 0. The van der Waals surface area contributed by atoms with Gasteiger partial charge in [-0.3, -0.25) is 0 Å². The second kappa shape index (κ2) is 5.47. The Bertz CT molecular complexity index is 762. The summed E-state index contributed by atoms with van der Waals surface area (Å²) in [5.41, 5.74) is 1.68. The minimum atomic E-state index is -1.83. The molecule has 0 amide bonds. The van der Waals surface area contributed by atoms with Gasteiger partial charge in [-0.1, -0.05) is 35.5 Å². The predicted octanol–water partition coefficient (Wildman–Crippen LogP) is 0.753. The van der Waals surface area contributed by atoms with Crippen molar-refractivity contribution in [2.45, 2.75) is 0 Å². The molecule has 0 atom stereocenters. The van der Waals surface area contributed by atoms with E-state index in [1.165, 1.54) is 12.1 Å². The Hall–Kier alpha value is -2.51. The van der Waals surface area contributed by atoms with Crippen molar-refractivity contribution in [3.05, 3.63) is 60.5 Å². The number of rotatable bonds is 3. The maximum absolute atomic E-state index is 13.7. The molecule has 2 N–H and O–H groups in total. The van der Waals surface area contributed by atoms with Crippen LogP contribution in [0, 0.1) is 5.82 Å². The Balaban J connectivity index is 1.95. The number of hydrogen-bond donors (Lipinski definition) is 2. The summed E-state index contributed by atoms with van der Waals surface area (Å²) in [6, 6.07) is 13.5. The van der Waals surface area contributed by atoms with E-state index >= 15 is 0 Å². The fourth-order valence-corrected chi connectivity index (χ4v) is 2.00. The van der Waals surface area contributed by atoms with Crippen LogP contribution in [0.15, 0.2) is 54.7 Å². The van der Waals surface area contributed by atoms with Gasteiger partial charge in [0, 0.05) is 11.0 Å². The first-order valence-electron chi connectivity index (χ1n) is 6.29. The van der Waals surface area contributed by atoms with Gasteiger partial charge in [0.05, 0.1) is 11.9 Å². The minimum Gasteiger partial charge on any atom is -0.423 e. The monoisotopic (exact) mass is 283 g/mol. The lowest BCUT2D eigenvalue weighted by Gasteiger charge is -2.03. The highest BCUT2D eigenvalue weighted by Gasteiger charge is 2.17. The quantitative estimate of drug-likeness (QED) is 0.696. The van der Waals surface area contributed by atoms with Crippen LogP contribution in [0.3, 0.4) is 0 Å². The highest BCUT2D eigenvalue weighted by molar-refractivity contribution is 6.58. The first-order valence-corrected chi connectivity index (χ1v) is 6.29. The van der Waals surface area contributed by atoms with Crippen molar-refractivity contribution in [2.24, 2.45) is 0 Å². The summed E-state index contributed by atoms with van der Waals surface area (Å²) in [5.74, 6) is -0.697. The molecule has 2 aromatic carbocycles. The smallest absolute Gasteiger partial charge is 0.423 e. The summed E-state index contributed by atoms with van der Waals surface area (Å²) in [6.07, 6.45) is 1.68. The highest BCUT2D eigenvalue weighted by Crippen LogP contribution is 2.18. The van der Waals surface area contributed by atoms with Crippen molar-refractivity contribution in [3.8, 4) is 16.9 Å². The van der Waals surface area contributed by atoms with Crippen LogP contribution in [0.25, 0.3) is 16.9 Å². The Morgan fingerprint density at radius 3 is 2.48 bits per heavy atom. The molecule has 104 valence electrons. The van der Waals surface area contributed by atoms with E-state index in [0.717, 1.165) is 5.69 Å². The van der Waals surface area contributed by atoms with Crippen molar-refractivity contribution >= 4 is 12.6 Å². The van der Waals surface area contributed by atoms with Crippen LogP contribution >= 0.6 is 0 Å². The second-order valence-electron chi connectivity index (χ2n) is 4.49. The van der Waals surface area contributed by atoms with Gasteiger partial charge in [-0.15, -0.1) is 5.10 Å². The van der Waals surface area contributed by atoms with Gasteiger partial charge in [-0.25, -0.2) is 9.07 Å². The molecule has 21 heavy (non-hydrogen) atoms. The summed E-state index contributed by atoms with van der Waals surface area (Å²) in [6.45, 7) is 0. The van der Waals surface area contributed by atoms with Crippen molar-refractivity contribution in [1.82, 2.24) is 15.0 Å². The van der Waals surface area contributed by atoms with Crippen molar-refractivity contribution in [2.75, 3.05) is 0 Å². The van der Waals surface area contributed by atoms with Crippen LogP contribution in [0.1, 0.15) is 0 Å². The van der Waals surface area contributed by atoms with Crippen LogP contribution in [0.2, 0.25) is 0 Å². The summed E-state index contributed by atoms with van der Waals surface area (Å²) in [7, 11) is -1.83. The lowest BCUT2D eigenvalue weighted by atomic mass is 9.79. The van der Waals surface area contributed by atoms with Gasteiger partial charge in [0.2, 0.25) is 0 Å². The third kappa shape index (κ3) is 2.69. The van der Waals surface area contributed by atoms with E-state index in [0.29, 0.717) is 11.3 Å². The van der Waals surface area contributed by atoms with Crippen LogP contribution < -0.4 is 5.46 Å². The normalized spacial score (nSPS) is 10.6. The van der Waals surface area contributed by atoms with E-state index in [9.17, 15) is 4.39 Å². The van der Waals surface area contributed by atoms with Gasteiger partial charge >= 0.3 is 7.12 Å². The topological polar surface area (TPSA) is 71.2 Å². The second-order valence-corrected chi connectivity index (χ2v) is 4.49. The van der Waals surface area contributed by atoms with Gasteiger partial charge in [-0.2, -0.15) is 0 Å². The molecule has 0 aliphatic carbocycles. The van der Waals surface area contributed by atoms with E-state index in [1.54, 1.807) is 16.9 Å². The molecule has 3 rings (SSSR count). The van der Waals surface area contributed by atoms with Gasteiger partial charge in [0.15, 0.2) is 0 Å². The number of benzene rings is 2. The molecule has 0 saturated heterocycles. The minimum absolute atomic E-state index is 0.172. The van der Waals surface area contributed by atoms with Crippen LogP contribution in [-0.2, 0) is 0 Å². The van der Waals surface area contributed by atoms with E-state index in [-0.39, 0.29) is 5.46 Å². The fourth-order valence-electron chi connectivity index (χ4n) is 2.00. The number of nitrogens with zero attached hydrogens (tertiary/aromatic N) is 3. The third-order valence-corrected chi connectivity index (χ3v) is 3.09. The number of hydrogen-bond acceptors (Lipinski definition) is 4. The van der Waals surface area contributed by atoms with Gasteiger partial charge < -0.3 is 10.0 Å². The van der Waals surface area contributed by atoms with Crippen molar-refractivity contribution < 1.29 is 14.4 Å². The molecule has 0 radical (unpaired) electrons. The molecule has 0 spiro atoms. The Morgan fingerprint density at radius 2 is 1.81 bits per heavy atom. The largest absolute Gasteiger partial charge is 0.491 e. The molecule has 3 aromatic rings. The van der Waals surface area contributed by atoms with Crippen molar-refractivity contribution in [3.63, 3.8) is 0 Å². The number of aromatic nitrogens is 3. The molecule has 0 aliphatic rings. The lowest BCUT2D eigenvalue weighted by molar-refractivity contribution is 0.423. The molecule has 1 aromatic heterocycles. The molecule has 1 heterocycles. The average Bonchev–Trinajstić information content (AvgIpc) is 2.97. The molecular weight excluding hydrogens is 272 g/mol. The predicted molar refractivity (Wildman–Crippen MR) is 76.6 cm³/mol. The first kappa shape index (κ1) is 13.5. The zero-order chi connectivity index (χ0) is 14.8. The molecule has 0 aliphatic heterocycles. The number of para-hydroxylation sites is 1.